The molecule has 18 heavy (non-hydrogen) atoms. The molecule has 94 valence electrons. The quantitative estimate of drug-likeness (QED) is 0.890. The third-order valence-corrected chi connectivity index (χ3v) is 4.84. The van der Waals surface area contributed by atoms with Crippen LogP contribution in [0.15, 0.2) is 30.3 Å². The van der Waals surface area contributed by atoms with E-state index in [9.17, 15) is 0 Å². The third kappa shape index (κ3) is 2.25. The Labute approximate surface area is 112 Å². The van der Waals surface area contributed by atoms with Gasteiger partial charge in [0, 0.05) is 22.9 Å². The Bertz CT molecular complexity index is 567. The number of hydrogen-bond donors (Lipinski definition) is 1. The molecule has 2 unspecified atom stereocenters. The van der Waals surface area contributed by atoms with Crippen LogP contribution in [0.1, 0.15) is 30.0 Å². The van der Waals surface area contributed by atoms with Gasteiger partial charge in [-0.25, -0.2) is 0 Å². The summed E-state index contributed by atoms with van der Waals surface area (Å²) in [4.78, 5) is 4.55. The number of nitrogens with one attached hydrogen (secondary N) is 1. The van der Waals surface area contributed by atoms with E-state index in [1.807, 2.05) is 18.7 Å². The maximum atomic E-state index is 4.55. The molecule has 1 aromatic heterocycles. The molecular weight excluding hydrogens is 240 g/mol. The van der Waals surface area contributed by atoms with Gasteiger partial charge in [-0.2, -0.15) is 0 Å². The molecule has 3 heteroatoms. The minimum Gasteiger partial charge on any atom is -0.298 e. The number of benzene rings is 1. The monoisotopic (exact) mass is 258 g/mol. The first kappa shape index (κ1) is 12.0. The number of hydrogen-bond acceptors (Lipinski definition) is 3. The second-order valence-corrected chi connectivity index (χ2v) is 6.03. The highest BCUT2D eigenvalue weighted by atomic mass is 32.2. The van der Waals surface area contributed by atoms with Crippen LogP contribution in [-0.4, -0.2) is 16.8 Å². The summed E-state index contributed by atoms with van der Waals surface area (Å²) in [6.45, 7) is 4.28. The Balaban J connectivity index is 1.92. The van der Waals surface area contributed by atoms with Gasteiger partial charge in [0.25, 0.3) is 0 Å². The molecule has 2 nitrogen and oxygen atoms in total. The lowest BCUT2D eigenvalue weighted by Gasteiger charge is -2.13. The lowest BCUT2D eigenvalue weighted by molar-refractivity contribution is 0.561. The lowest BCUT2D eigenvalue weighted by atomic mass is 10.1. The molecule has 0 saturated carbocycles. The van der Waals surface area contributed by atoms with Gasteiger partial charge in [-0.05, 0) is 37.1 Å². The minimum absolute atomic E-state index is 0.445. The maximum absolute atomic E-state index is 4.55. The number of fused-ring (bicyclic) bond motifs is 1. The SMILES string of the molecule is CCC1CSC(c2ccc3nc(C)ccc3c2)N1. The molecule has 0 spiro atoms. The van der Waals surface area contributed by atoms with Crippen molar-refractivity contribution in [2.45, 2.75) is 31.7 Å². The van der Waals surface area contributed by atoms with Gasteiger partial charge in [-0.3, -0.25) is 10.3 Å². The fourth-order valence-corrected chi connectivity index (χ4v) is 3.74. The van der Waals surface area contributed by atoms with E-state index in [0.717, 1.165) is 11.2 Å². The second kappa shape index (κ2) is 4.90. The summed E-state index contributed by atoms with van der Waals surface area (Å²) < 4.78 is 0. The van der Waals surface area contributed by atoms with Crippen molar-refractivity contribution in [2.24, 2.45) is 0 Å². The van der Waals surface area contributed by atoms with Crippen molar-refractivity contribution in [1.82, 2.24) is 10.3 Å². The number of aromatic nitrogens is 1. The van der Waals surface area contributed by atoms with Crippen LogP contribution >= 0.6 is 11.8 Å². The van der Waals surface area contributed by atoms with E-state index in [4.69, 9.17) is 0 Å². The lowest BCUT2D eigenvalue weighted by Crippen LogP contribution is -2.24. The molecule has 0 bridgehead atoms. The van der Waals surface area contributed by atoms with Gasteiger partial charge in [-0.15, -0.1) is 11.8 Å². The van der Waals surface area contributed by atoms with E-state index in [-0.39, 0.29) is 0 Å². The molecule has 3 rings (SSSR count). The van der Waals surface area contributed by atoms with Crippen LogP contribution in [0.3, 0.4) is 0 Å². The molecule has 1 saturated heterocycles. The Morgan fingerprint density at radius 3 is 3.00 bits per heavy atom. The topological polar surface area (TPSA) is 24.9 Å². The number of aryl methyl sites for hydroxylation is 1. The molecule has 2 atom stereocenters. The molecule has 2 heterocycles. The summed E-state index contributed by atoms with van der Waals surface area (Å²) in [5.41, 5.74) is 3.54. The van der Waals surface area contributed by atoms with E-state index in [0.29, 0.717) is 11.4 Å². The van der Waals surface area contributed by atoms with Gasteiger partial charge in [0.15, 0.2) is 0 Å². The maximum Gasteiger partial charge on any atom is 0.0792 e. The first-order valence-electron chi connectivity index (χ1n) is 6.51. The molecule has 0 amide bonds. The normalized spacial score (nSPS) is 23.7. The Kier molecular flexibility index (Phi) is 3.27. The Morgan fingerprint density at radius 1 is 1.33 bits per heavy atom. The zero-order valence-corrected chi connectivity index (χ0v) is 11.6. The van der Waals surface area contributed by atoms with Crippen molar-refractivity contribution in [3.63, 3.8) is 0 Å². The average molecular weight is 258 g/mol. The highest BCUT2D eigenvalue weighted by Gasteiger charge is 2.24. The number of nitrogens with zero attached hydrogens (tertiary/aromatic N) is 1. The van der Waals surface area contributed by atoms with E-state index in [1.54, 1.807) is 0 Å². The molecule has 0 aliphatic carbocycles. The molecule has 1 fully saturated rings. The van der Waals surface area contributed by atoms with Crippen LogP contribution in [-0.2, 0) is 0 Å². The van der Waals surface area contributed by atoms with E-state index in [1.165, 1.54) is 23.1 Å². The highest BCUT2D eigenvalue weighted by molar-refractivity contribution is 7.99. The summed E-state index contributed by atoms with van der Waals surface area (Å²) in [5, 5.41) is 5.36. The van der Waals surface area contributed by atoms with E-state index < -0.39 is 0 Å². The Morgan fingerprint density at radius 2 is 2.22 bits per heavy atom. The first-order valence-corrected chi connectivity index (χ1v) is 7.56. The standard InChI is InChI=1S/C15H18N2S/c1-3-13-9-18-15(17-13)12-6-7-14-11(8-12)5-4-10(2)16-14/h4-8,13,15,17H,3,9H2,1-2H3. The van der Waals surface area contributed by atoms with Crippen molar-refractivity contribution in [3.8, 4) is 0 Å². The molecule has 1 aliphatic heterocycles. The average Bonchev–Trinajstić information content (AvgIpc) is 2.87. The second-order valence-electron chi connectivity index (χ2n) is 4.89. The predicted molar refractivity (Wildman–Crippen MR) is 78.9 cm³/mol. The summed E-state index contributed by atoms with van der Waals surface area (Å²) in [6.07, 6.45) is 1.21. The summed E-state index contributed by atoms with van der Waals surface area (Å²) in [6, 6.07) is 11.5. The third-order valence-electron chi connectivity index (χ3n) is 3.50. The summed E-state index contributed by atoms with van der Waals surface area (Å²) >= 11 is 2.01. The number of rotatable bonds is 2. The summed E-state index contributed by atoms with van der Waals surface area (Å²) in [5.74, 6) is 1.21. The van der Waals surface area contributed by atoms with Crippen LogP contribution in [0.25, 0.3) is 10.9 Å². The van der Waals surface area contributed by atoms with Crippen LogP contribution < -0.4 is 5.32 Å². The minimum atomic E-state index is 0.445. The van der Waals surface area contributed by atoms with Gasteiger partial charge in [0.1, 0.15) is 0 Å². The summed E-state index contributed by atoms with van der Waals surface area (Å²) in [7, 11) is 0. The fraction of sp³-hybridized carbons (Fsp3) is 0.400. The van der Waals surface area contributed by atoms with Gasteiger partial charge in [0.2, 0.25) is 0 Å². The highest BCUT2D eigenvalue weighted by Crippen LogP contribution is 2.34. The van der Waals surface area contributed by atoms with Crippen molar-refractivity contribution in [2.75, 3.05) is 5.75 Å². The number of pyridine rings is 1. The predicted octanol–water partition coefficient (Wildman–Crippen LogP) is 3.66. The van der Waals surface area contributed by atoms with Gasteiger partial charge >= 0.3 is 0 Å². The zero-order chi connectivity index (χ0) is 12.5. The van der Waals surface area contributed by atoms with Crippen LogP contribution in [0.5, 0.6) is 0 Å². The van der Waals surface area contributed by atoms with Crippen LogP contribution in [0.4, 0.5) is 0 Å². The fourth-order valence-electron chi connectivity index (χ4n) is 2.36. The van der Waals surface area contributed by atoms with Crippen molar-refractivity contribution in [3.05, 3.63) is 41.6 Å². The van der Waals surface area contributed by atoms with Gasteiger partial charge in [-0.1, -0.05) is 19.1 Å². The molecule has 1 N–H and O–H groups in total. The molecule has 2 aromatic rings. The van der Waals surface area contributed by atoms with Crippen molar-refractivity contribution < 1.29 is 0 Å². The first-order chi connectivity index (χ1) is 8.76. The van der Waals surface area contributed by atoms with Gasteiger partial charge < -0.3 is 0 Å². The largest absolute Gasteiger partial charge is 0.298 e. The van der Waals surface area contributed by atoms with Crippen LogP contribution in [0, 0.1) is 6.92 Å². The van der Waals surface area contributed by atoms with Crippen LogP contribution in [0.2, 0.25) is 0 Å². The smallest absolute Gasteiger partial charge is 0.0792 e. The molecule has 1 aromatic carbocycles. The van der Waals surface area contributed by atoms with Crippen molar-refractivity contribution in [1.29, 1.82) is 0 Å². The Hall–Kier alpha value is -1.06. The molecule has 0 radical (unpaired) electrons. The van der Waals surface area contributed by atoms with Crippen molar-refractivity contribution >= 4 is 22.7 Å². The van der Waals surface area contributed by atoms with E-state index in [2.05, 4.69) is 47.6 Å². The zero-order valence-electron chi connectivity index (χ0n) is 10.8. The molecular formula is C15H18N2S. The number of thioether (sulfide) groups is 1. The molecule has 1 aliphatic rings. The van der Waals surface area contributed by atoms with Gasteiger partial charge in [0.05, 0.1) is 10.9 Å². The van der Waals surface area contributed by atoms with E-state index >= 15 is 0 Å².